The molecule has 0 N–H and O–H groups in total. The maximum atomic E-state index is 5.45. The second-order valence-electron chi connectivity index (χ2n) is 6.99. The van der Waals surface area contributed by atoms with E-state index >= 15 is 0 Å². The van der Waals surface area contributed by atoms with Gasteiger partial charge in [-0.2, -0.15) is 6.08 Å². The Hall–Kier alpha value is 0.265. The molecular formula is C24H48O3PtSi. The third kappa shape index (κ3) is 17.6. The summed E-state index contributed by atoms with van der Waals surface area (Å²) in [4.78, 5) is 0. The zero-order valence-electron chi connectivity index (χ0n) is 20.1. The Balaban J connectivity index is -0.000000781. The summed E-state index contributed by atoms with van der Waals surface area (Å²) in [5, 5.41) is 0. The van der Waals surface area contributed by atoms with E-state index in [0.717, 1.165) is 18.9 Å². The number of allylic oxidation sites excluding steroid dienone is 4. The summed E-state index contributed by atoms with van der Waals surface area (Å²) in [6.45, 7) is 0. The van der Waals surface area contributed by atoms with Gasteiger partial charge in [-0.25, -0.2) is 11.6 Å². The van der Waals surface area contributed by atoms with E-state index in [0.29, 0.717) is 0 Å². The predicted molar refractivity (Wildman–Crippen MR) is 127 cm³/mol. The first kappa shape index (κ1) is 36.6. The molecule has 0 aliphatic heterocycles. The van der Waals surface area contributed by atoms with Crippen molar-refractivity contribution >= 4 is 8.80 Å². The monoisotopic (exact) mass is 607 g/mol. The Kier molecular flexibility index (Phi) is 31.0. The van der Waals surface area contributed by atoms with Gasteiger partial charge in [0, 0.05) is 27.4 Å². The predicted octanol–water partition coefficient (Wildman–Crippen LogP) is 7.58. The van der Waals surface area contributed by atoms with Crippen LogP contribution in [-0.4, -0.2) is 30.1 Å². The number of rotatable bonds is 17. The molecule has 0 bridgehead atoms. The summed E-state index contributed by atoms with van der Waals surface area (Å²) in [6, 6.07) is 0.932. The Labute approximate surface area is 199 Å². The second kappa shape index (κ2) is 24.5. The zero-order chi connectivity index (χ0) is 18.2. The summed E-state index contributed by atoms with van der Waals surface area (Å²) >= 11 is 0. The van der Waals surface area contributed by atoms with Crippen LogP contribution in [0.5, 0.6) is 0 Å². The summed E-state index contributed by atoms with van der Waals surface area (Å²) in [7, 11) is 2.75. The van der Waals surface area contributed by atoms with Gasteiger partial charge in [0.05, 0.1) is 0 Å². The van der Waals surface area contributed by atoms with Crippen LogP contribution in [0.1, 0.15) is 83.5 Å². The molecule has 0 spiro atoms. The molecule has 1 aliphatic rings. The zero-order valence-corrected chi connectivity index (χ0v) is 23.4. The average Bonchev–Trinajstić information content (AvgIpc) is 3.16. The third-order valence-corrected chi connectivity index (χ3v) is 7.96. The Morgan fingerprint density at radius 1 is 0.724 bits per heavy atom. The van der Waals surface area contributed by atoms with Crippen LogP contribution >= 0.6 is 0 Å². The van der Waals surface area contributed by atoms with E-state index < -0.39 is 8.80 Å². The van der Waals surface area contributed by atoms with E-state index in [9.17, 15) is 0 Å². The van der Waals surface area contributed by atoms with Crippen molar-refractivity contribution in [2.75, 3.05) is 21.3 Å². The largest absolute Gasteiger partial charge is 4.00 e. The molecule has 1 rings (SSSR count). The van der Waals surface area contributed by atoms with Crippen molar-refractivity contribution in [2.24, 2.45) is 0 Å². The minimum atomic E-state index is -2.33. The van der Waals surface area contributed by atoms with Crippen molar-refractivity contribution in [1.82, 2.24) is 0 Å². The summed E-state index contributed by atoms with van der Waals surface area (Å²) in [5.41, 5.74) is 1.43. The van der Waals surface area contributed by atoms with E-state index in [1.807, 2.05) is 0 Å². The van der Waals surface area contributed by atoms with Crippen LogP contribution in [0.15, 0.2) is 17.7 Å². The minimum Gasteiger partial charge on any atom is -0.377 e. The van der Waals surface area contributed by atoms with E-state index in [-0.39, 0.29) is 43.3 Å². The molecular weight excluding hydrogens is 559 g/mol. The first-order chi connectivity index (χ1) is 12.3. The minimum absolute atomic E-state index is 0. The van der Waals surface area contributed by atoms with E-state index in [4.69, 9.17) is 13.3 Å². The van der Waals surface area contributed by atoms with Crippen LogP contribution in [0.2, 0.25) is 6.04 Å². The molecule has 0 aromatic carbocycles. The van der Waals surface area contributed by atoms with Crippen molar-refractivity contribution < 1.29 is 34.3 Å². The van der Waals surface area contributed by atoms with Gasteiger partial charge < -0.3 is 35.6 Å². The molecule has 0 saturated carbocycles. The maximum Gasteiger partial charge on any atom is 4.00 e. The fourth-order valence-electron chi connectivity index (χ4n) is 3.43. The Morgan fingerprint density at radius 3 is 1.52 bits per heavy atom. The first-order valence-electron chi connectivity index (χ1n) is 10.2. The molecule has 0 amide bonds. The second-order valence-corrected chi connectivity index (χ2v) is 10.1. The fraction of sp³-hybridized carbons (Fsp3) is 0.708. The van der Waals surface area contributed by atoms with E-state index in [1.54, 1.807) is 21.3 Å². The molecule has 176 valence electrons. The first-order valence-corrected chi connectivity index (χ1v) is 12.1. The van der Waals surface area contributed by atoms with E-state index in [2.05, 4.69) is 18.2 Å². The number of hydrogen-bond acceptors (Lipinski definition) is 3. The summed E-state index contributed by atoms with van der Waals surface area (Å²) in [5.74, 6) is 0. The summed E-state index contributed by atoms with van der Waals surface area (Å²) < 4.78 is 16.4. The van der Waals surface area contributed by atoms with Crippen LogP contribution in [0, 0.1) is 28.4 Å². The quantitative estimate of drug-likeness (QED) is 0.0969. The molecule has 0 saturated heterocycles. The van der Waals surface area contributed by atoms with Gasteiger partial charge in [-0.1, -0.05) is 70.6 Å². The molecule has 0 aromatic heterocycles. The van der Waals surface area contributed by atoms with Crippen molar-refractivity contribution in [2.45, 2.75) is 89.5 Å². The fourth-order valence-corrected chi connectivity index (χ4v) is 5.22. The third-order valence-electron chi connectivity index (χ3n) is 5.13. The van der Waals surface area contributed by atoms with Gasteiger partial charge in [-0.05, 0) is 6.42 Å². The molecule has 0 heterocycles. The van der Waals surface area contributed by atoms with Gasteiger partial charge >= 0.3 is 29.9 Å². The van der Waals surface area contributed by atoms with Crippen LogP contribution < -0.4 is 0 Å². The topological polar surface area (TPSA) is 27.7 Å². The maximum absolute atomic E-state index is 5.45. The standard InChI is InChI=1S/C21H39O3Si.3CH3.Pt/c1-22-25(23-2,24-3)20-16-12-10-8-6-4-5-7-9-11-13-17-21-18-14-15-19-21;;;;/h14,18H,4-13,15-17,20H2,1-3H3;3*1H3;/q4*-1;+4. The molecule has 0 atom stereocenters. The van der Waals surface area contributed by atoms with Gasteiger partial charge in [0.2, 0.25) is 0 Å². The van der Waals surface area contributed by atoms with Crippen molar-refractivity contribution in [3.05, 3.63) is 46.1 Å². The molecule has 0 fully saturated rings. The van der Waals surface area contributed by atoms with Gasteiger partial charge in [0.1, 0.15) is 0 Å². The SMILES string of the molecule is CO[Si](CCCCCCCCCCCCCC1=[C-]CC=C1)(OC)OC.[CH3-].[CH3-].[CH3-].[Pt+4]. The number of hydrogen-bond donors (Lipinski definition) is 0. The normalized spacial score (nSPS) is 12.3. The van der Waals surface area contributed by atoms with Gasteiger partial charge in [0.25, 0.3) is 0 Å². The average molecular weight is 608 g/mol. The Bertz CT molecular complexity index is 374. The summed E-state index contributed by atoms with van der Waals surface area (Å²) in [6.07, 6.45) is 24.9. The van der Waals surface area contributed by atoms with Gasteiger partial charge in [-0.3, -0.25) is 6.08 Å². The van der Waals surface area contributed by atoms with Crippen molar-refractivity contribution in [3.63, 3.8) is 0 Å². The van der Waals surface area contributed by atoms with Crippen molar-refractivity contribution in [1.29, 1.82) is 0 Å². The number of unbranched alkanes of at least 4 members (excludes halogenated alkanes) is 10. The van der Waals surface area contributed by atoms with Gasteiger partial charge in [0.15, 0.2) is 0 Å². The Morgan fingerprint density at radius 2 is 1.14 bits per heavy atom. The molecule has 0 unspecified atom stereocenters. The molecule has 0 aromatic rings. The van der Waals surface area contributed by atoms with Crippen LogP contribution in [0.3, 0.4) is 0 Å². The van der Waals surface area contributed by atoms with E-state index in [1.165, 1.54) is 76.2 Å². The van der Waals surface area contributed by atoms with Gasteiger partial charge in [-0.15, -0.1) is 6.42 Å². The smallest absolute Gasteiger partial charge is 0.377 e. The molecule has 5 heteroatoms. The van der Waals surface area contributed by atoms with Crippen LogP contribution in [-0.2, 0) is 34.3 Å². The molecule has 3 nitrogen and oxygen atoms in total. The van der Waals surface area contributed by atoms with Crippen LogP contribution in [0.25, 0.3) is 0 Å². The van der Waals surface area contributed by atoms with Crippen LogP contribution in [0.4, 0.5) is 0 Å². The molecule has 0 radical (unpaired) electrons. The van der Waals surface area contributed by atoms with Crippen molar-refractivity contribution in [3.8, 4) is 0 Å². The molecule has 29 heavy (non-hydrogen) atoms. The molecule has 1 aliphatic carbocycles.